The van der Waals surface area contributed by atoms with Crippen molar-refractivity contribution >= 4 is 27.7 Å². The van der Waals surface area contributed by atoms with Crippen LogP contribution in [0.25, 0.3) is 0 Å². The Bertz CT molecular complexity index is 473. The first-order chi connectivity index (χ1) is 7.79. The molecular weight excluding hydrogens is 286 g/mol. The van der Waals surface area contributed by atoms with Gasteiger partial charge in [-0.1, -0.05) is 11.8 Å². The molecule has 2 aromatic rings. The normalized spacial score (nSPS) is 10.1. The van der Waals surface area contributed by atoms with Gasteiger partial charge in [0, 0.05) is 11.1 Å². The van der Waals surface area contributed by atoms with Crippen molar-refractivity contribution < 1.29 is 4.74 Å². The van der Waals surface area contributed by atoms with E-state index in [9.17, 15) is 0 Å². The number of aromatic nitrogens is 1. The Morgan fingerprint density at radius 2 is 1.94 bits per heavy atom. The lowest BCUT2D eigenvalue weighted by atomic mass is 10.3. The van der Waals surface area contributed by atoms with Crippen LogP contribution in [0.5, 0.6) is 5.75 Å². The quantitative estimate of drug-likeness (QED) is 0.854. The summed E-state index contributed by atoms with van der Waals surface area (Å²) in [5.41, 5.74) is 0. The van der Waals surface area contributed by atoms with Crippen molar-refractivity contribution in [2.45, 2.75) is 9.92 Å². The number of methoxy groups -OCH3 is 1. The molecule has 82 valence electrons. The third-order valence-electron chi connectivity index (χ3n) is 2.00. The summed E-state index contributed by atoms with van der Waals surface area (Å²) < 4.78 is 6.12. The average molecular weight is 296 g/mol. The number of ether oxygens (including phenoxy) is 1. The van der Waals surface area contributed by atoms with E-state index in [4.69, 9.17) is 4.74 Å². The molecular formula is C12H10BrNOS. The molecule has 1 aromatic carbocycles. The maximum absolute atomic E-state index is 5.11. The van der Waals surface area contributed by atoms with Crippen LogP contribution < -0.4 is 4.74 Å². The summed E-state index contributed by atoms with van der Waals surface area (Å²) in [5, 5.41) is 0.965. The van der Waals surface area contributed by atoms with Gasteiger partial charge in [-0.25, -0.2) is 4.98 Å². The first-order valence-electron chi connectivity index (χ1n) is 4.72. The second-order valence-electron chi connectivity index (χ2n) is 3.07. The predicted octanol–water partition coefficient (Wildman–Crippen LogP) is 4.00. The highest BCUT2D eigenvalue weighted by Gasteiger charge is 2.02. The lowest BCUT2D eigenvalue weighted by Crippen LogP contribution is -1.83. The highest BCUT2D eigenvalue weighted by Crippen LogP contribution is 2.32. The van der Waals surface area contributed by atoms with Crippen LogP contribution >= 0.6 is 27.7 Å². The van der Waals surface area contributed by atoms with Crippen LogP contribution in [0, 0.1) is 0 Å². The summed E-state index contributed by atoms with van der Waals surface area (Å²) in [6.45, 7) is 0. The van der Waals surface area contributed by atoms with Crippen LogP contribution in [0.3, 0.4) is 0 Å². The van der Waals surface area contributed by atoms with Crippen LogP contribution in [0.1, 0.15) is 0 Å². The van der Waals surface area contributed by atoms with Gasteiger partial charge >= 0.3 is 0 Å². The third kappa shape index (κ3) is 2.77. The molecule has 0 radical (unpaired) electrons. The first-order valence-corrected chi connectivity index (χ1v) is 6.33. The van der Waals surface area contributed by atoms with E-state index in [1.54, 1.807) is 25.1 Å². The molecule has 0 aliphatic rings. The van der Waals surface area contributed by atoms with Gasteiger partial charge in [-0.2, -0.15) is 0 Å². The average Bonchev–Trinajstić information content (AvgIpc) is 2.33. The molecule has 0 aliphatic heterocycles. The Labute approximate surface area is 107 Å². The number of benzene rings is 1. The largest absolute Gasteiger partial charge is 0.497 e. The van der Waals surface area contributed by atoms with E-state index in [1.807, 2.05) is 36.4 Å². The van der Waals surface area contributed by atoms with Gasteiger partial charge in [-0.15, -0.1) is 0 Å². The van der Waals surface area contributed by atoms with Gasteiger partial charge in [0.25, 0.3) is 0 Å². The van der Waals surface area contributed by atoms with Gasteiger partial charge in [0.15, 0.2) is 0 Å². The highest BCUT2D eigenvalue weighted by molar-refractivity contribution is 9.10. The standard InChI is InChI=1S/C12H10BrNOS/c1-15-9-4-6-10(7-5-9)16-12-11(13)3-2-8-14-12/h2-8H,1H3. The van der Waals surface area contributed by atoms with Gasteiger partial charge in [-0.05, 0) is 52.3 Å². The van der Waals surface area contributed by atoms with Crippen LogP contribution in [-0.4, -0.2) is 12.1 Å². The Morgan fingerprint density at radius 1 is 1.19 bits per heavy atom. The molecule has 0 fully saturated rings. The van der Waals surface area contributed by atoms with Gasteiger partial charge in [-0.3, -0.25) is 0 Å². The molecule has 0 saturated carbocycles. The molecule has 16 heavy (non-hydrogen) atoms. The fourth-order valence-corrected chi connectivity index (χ4v) is 2.47. The van der Waals surface area contributed by atoms with E-state index >= 15 is 0 Å². The molecule has 2 nitrogen and oxygen atoms in total. The molecule has 0 N–H and O–H groups in total. The second-order valence-corrected chi connectivity index (χ2v) is 4.98. The molecule has 0 atom stereocenters. The first kappa shape index (κ1) is 11.5. The zero-order valence-electron chi connectivity index (χ0n) is 8.68. The molecule has 1 heterocycles. The van der Waals surface area contributed by atoms with Crippen LogP contribution in [-0.2, 0) is 0 Å². The van der Waals surface area contributed by atoms with Gasteiger partial charge < -0.3 is 4.74 Å². The van der Waals surface area contributed by atoms with Crippen molar-refractivity contribution in [1.82, 2.24) is 4.98 Å². The molecule has 1 aromatic heterocycles. The lowest BCUT2D eigenvalue weighted by Gasteiger charge is -2.04. The molecule has 4 heteroatoms. The topological polar surface area (TPSA) is 22.1 Å². The summed E-state index contributed by atoms with van der Waals surface area (Å²) in [6, 6.07) is 11.8. The molecule has 0 bridgehead atoms. The molecule has 0 unspecified atom stereocenters. The zero-order chi connectivity index (χ0) is 11.4. The summed E-state index contributed by atoms with van der Waals surface area (Å²) in [5.74, 6) is 0.865. The third-order valence-corrected chi connectivity index (χ3v) is 3.93. The SMILES string of the molecule is COc1ccc(Sc2ncccc2Br)cc1. The van der Waals surface area contributed by atoms with Crippen molar-refractivity contribution in [3.05, 3.63) is 47.1 Å². The maximum atomic E-state index is 5.11. The summed E-state index contributed by atoms with van der Waals surface area (Å²) in [6.07, 6.45) is 1.79. The number of hydrogen-bond acceptors (Lipinski definition) is 3. The van der Waals surface area contributed by atoms with Gasteiger partial charge in [0.2, 0.25) is 0 Å². The smallest absolute Gasteiger partial charge is 0.118 e. The minimum absolute atomic E-state index is 0.865. The monoisotopic (exact) mass is 295 g/mol. The van der Waals surface area contributed by atoms with Crippen molar-refractivity contribution in [2.24, 2.45) is 0 Å². The lowest BCUT2D eigenvalue weighted by molar-refractivity contribution is 0.414. The number of halogens is 1. The highest BCUT2D eigenvalue weighted by atomic mass is 79.9. The Morgan fingerprint density at radius 3 is 2.56 bits per heavy atom. The summed E-state index contributed by atoms with van der Waals surface area (Å²) >= 11 is 5.09. The van der Waals surface area contributed by atoms with Crippen LogP contribution in [0.2, 0.25) is 0 Å². The minimum Gasteiger partial charge on any atom is -0.497 e. The predicted molar refractivity (Wildman–Crippen MR) is 69.1 cm³/mol. The molecule has 0 amide bonds. The van der Waals surface area contributed by atoms with E-state index in [-0.39, 0.29) is 0 Å². The van der Waals surface area contributed by atoms with E-state index in [2.05, 4.69) is 20.9 Å². The van der Waals surface area contributed by atoms with E-state index < -0.39 is 0 Å². The van der Waals surface area contributed by atoms with Gasteiger partial charge in [0.1, 0.15) is 10.8 Å². The zero-order valence-corrected chi connectivity index (χ0v) is 11.1. The number of nitrogens with zero attached hydrogens (tertiary/aromatic N) is 1. The van der Waals surface area contributed by atoms with Crippen molar-refractivity contribution in [2.75, 3.05) is 7.11 Å². The Hall–Kier alpha value is -1.00. The Balaban J connectivity index is 2.18. The fraction of sp³-hybridized carbons (Fsp3) is 0.0833. The van der Waals surface area contributed by atoms with Gasteiger partial charge in [0.05, 0.1) is 11.6 Å². The van der Waals surface area contributed by atoms with Crippen molar-refractivity contribution in [3.8, 4) is 5.75 Å². The molecule has 0 saturated heterocycles. The fourth-order valence-electron chi connectivity index (χ4n) is 1.20. The maximum Gasteiger partial charge on any atom is 0.118 e. The second kappa shape index (κ2) is 5.37. The van der Waals surface area contributed by atoms with E-state index in [0.717, 1.165) is 20.1 Å². The number of hydrogen-bond donors (Lipinski definition) is 0. The minimum atomic E-state index is 0.865. The van der Waals surface area contributed by atoms with Crippen LogP contribution in [0.4, 0.5) is 0 Å². The van der Waals surface area contributed by atoms with Crippen molar-refractivity contribution in [1.29, 1.82) is 0 Å². The molecule has 0 spiro atoms. The number of rotatable bonds is 3. The number of pyridine rings is 1. The van der Waals surface area contributed by atoms with Crippen LogP contribution in [0.15, 0.2) is 57.0 Å². The summed E-state index contributed by atoms with van der Waals surface area (Å²) in [7, 11) is 1.66. The van der Waals surface area contributed by atoms with E-state index in [0.29, 0.717) is 0 Å². The molecule has 2 rings (SSSR count). The summed E-state index contributed by atoms with van der Waals surface area (Å²) in [4.78, 5) is 5.44. The van der Waals surface area contributed by atoms with E-state index in [1.165, 1.54) is 0 Å². The Kier molecular flexibility index (Phi) is 3.85. The van der Waals surface area contributed by atoms with Crippen molar-refractivity contribution in [3.63, 3.8) is 0 Å². The molecule has 0 aliphatic carbocycles.